The first-order valence-corrected chi connectivity index (χ1v) is 6.92. The fraction of sp³-hybridized carbons (Fsp3) is 0.357. The molecule has 0 aliphatic heterocycles. The van der Waals surface area contributed by atoms with Gasteiger partial charge in [-0.15, -0.1) is 11.3 Å². The van der Waals surface area contributed by atoms with Gasteiger partial charge in [-0.1, -0.05) is 12.1 Å². The molecule has 2 aromatic rings. The fourth-order valence-electron chi connectivity index (χ4n) is 1.72. The second-order valence-corrected chi connectivity index (χ2v) is 5.26. The van der Waals surface area contributed by atoms with Crippen molar-refractivity contribution in [1.82, 2.24) is 4.98 Å². The highest BCUT2D eigenvalue weighted by Gasteiger charge is 2.03. The van der Waals surface area contributed by atoms with Gasteiger partial charge in [0.05, 0.1) is 17.8 Å². The average Bonchev–Trinajstić information content (AvgIpc) is 2.76. The Labute approximate surface area is 112 Å². The summed E-state index contributed by atoms with van der Waals surface area (Å²) in [4.78, 5) is 5.52. The third kappa shape index (κ3) is 3.31. The lowest BCUT2D eigenvalue weighted by Gasteiger charge is -2.09. The van der Waals surface area contributed by atoms with Crippen molar-refractivity contribution in [3.05, 3.63) is 45.9 Å². The number of hydrogen-bond donors (Lipinski definition) is 1. The maximum Gasteiger partial charge on any atom is 0.119 e. The standard InChI is InChI=1S/C14H18N2OS/c1-10(15)12-4-3-5-13(8-12)17-7-6-14-11(2)16-9-18-14/h3-5,8-10H,6-7,15H2,1-2H3. The van der Waals surface area contributed by atoms with Gasteiger partial charge in [-0.3, -0.25) is 0 Å². The predicted molar refractivity (Wildman–Crippen MR) is 75.1 cm³/mol. The van der Waals surface area contributed by atoms with Crippen LogP contribution in [0.15, 0.2) is 29.8 Å². The maximum atomic E-state index is 5.85. The van der Waals surface area contributed by atoms with Gasteiger partial charge in [-0.2, -0.15) is 0 Å². The average molecular weight is 262 g/mol. The molecule has 0 amide bonds. The molecule has 0 radical (unpaired) electrons. The first-order valence-electron chi connectivity index (χ1n) is 6.04. The van der Waals surface area contributed by atoms with Gasteiger partial charge in [0, 0.05) is 17.3 Å². The molecule has 1 aromatic heterocycles. The van der Waals surface area contributed by atoms with Crippen LogP contribution in [0, 0.1) is 6.92 Å². The van der Waals surface area contributed by atoms with E-state index in [4.69, 9.17) is 10.5 Å². The van der Waals surface area contributed by atoms with Crippen molar-refractivity contribution in [3.8, 4) is 5.75 Å². The van der Waals surface area contributed by atoms with E-state index in [1.807, 2.05) is 43.6 Å². The number of nitrogens with two attached hydrogens (primary N) is 1. The van der Waals surface area contributed by atoms with Crippen molar-refractivity contribution in [2.45, 2.75) is 26.3 Å². The predicted octanol–water partition coefficient (Wildman–Crippen LogP) is 3.09. The zero-order valence-corrected chi connectivity index (χ0v) is 11.5. The van der Waals surface area contributed by atoms with Crippen LogP contribution in [0.5, 0.6) is 5.75 Å². The number of rotatable bonds is 5. The molecule has 1 heterocycles. The van der Waals surface area contributed by atoms with E-state index in [9.17, 15) is 0 Å². The highest BCUT2D eigenvalue weighted by molar-refractivity contribution is 7.09. The van der Waals surface area contributed by atoms with Gasteiger partial charge < -0.3 is 10.5 Å². The fourth-order valence-corrected chi connectivity index (χ4v) is 2.48. The number of thiazole rings is 1. The quantitative estimate of drug-likeness (QED) is 0.900. The summed E-state index contributed by atoms with van der Waals surface area (Å²) in [5.41, 5.74) is 9.93. The Morgan fingerprint density at radius 1 is 1.44 bits per heavy atom. The molecule has 0 saturated heterocycles. The molecule has 0 aliphatic rings. The van der Waals surface area contributed by atoms with Crippen LogP contribution >= 0.6 is 11.3 Å². The highest BCUT2D eigenvalue weighted by atomic mass is 32.1. The van der Waals surface area contributed by atoms with Crippen molar-refractivity contribution in [1.29, 1.82) is 0 Å². The summed E-state index contributed by atoms with van der Waals surface area (Å²) >= 11 is 1.68. The Hall–Kier alpha value is -1.39. The van der Waals surface area contributed by atoms with Crippen molar-refractivity contribution in [3.63, 3.8) is 0 Å². The molecular weight excluding hydrogens is 244 g/mol. The minimum absolute atomic E-state index is 0.0392. The molecule has 0 spiro atoms. The largest absolute Gasteiger partial charge is 0.493 e. The molecule has 4 heteroatoms. The first-order chi connectivity index (χ1) is 8.66. The summed E-state index contributed by atoms with van der Waals surface area (Å²) in [6, 6.07) is 8.00. The molecule has 2 N–H and O–H groups in total. The van der Waals surface area contributed by atoms with E-state index in [-0.39, 0.29) is 6.04 Å². The molecule has 1 unspecified atom stereocenters. The van der Waals surface area contributed by atoms with Crippen LogP contribution in [0.4, 0.5) is 0 Å². The SMILES string of the molecule is Cc1ncsc1CCOc1cccc(C(C)N)c1. The van der Waals surface area contributed by atoms with Crippen LogP contribution in [-0.4, -0.2) is 11.6 Å². The van der Waals surface area contributed by atoms with Crippen LogP contribution in [0.3, 0.4) is 0 Å². The number of aromatic nitrogens is 1. The summed E-state index contributed by atoms with van der Waals surface area (Å²) in [5.74, 6) is 0.881. The van der Waals surface area contributed by atoms with Crippen molar-refractivity contribution in [2.75, 3.05) is 6.61 Å². The summed E-state index contributed by atoms with van der Waals surface area (Å²) in [5, 5.41) is 0. The van der Waals surface area contributed by atoms with E-state index < -0.39 is 0 Å². The van der Waals surface area contributed by atoms with Crippen LogP contribution in [0.1, 0.15) is 29.1 Å². The van der Waals surface area contributed by atoms with E-state index in [0.717, 1.165) is 23.4 Å². The number of benzene rings is 1. The smallest absolute Gasteiger partial charge is 0.119 e. The summed E-state index contributed by atoms with van der Waals surface area (Å²) in [6.45, 7) is 4.67. The van der Waals surface area contributed by atoms with Gasteiger partial charge in [0.15, 0.2) is 0 Å². The number of hydrogen-bond acceptors (Lipinski definition) is 4. The minimum Gasteiger partial charge on any atom is -0.493 e. The Balaban J connectivity index is 1.90. The summed E-state index contributed by atoms with van der Waals surface area (Å²) in [7, 11) is 0. The third-order valence-corrected chi connectivity index (χ3v) is 3.82. The second-order valence-electron chi connectivity index (χ2n) is 4.32. The van der Waals surface area contributed by atoms with Gasteiger partial charge in [-0.25, -0.2) is 4.98 Å². The van der Waals surface area contributed by atoms with Gasteiger partial charge >= 0.3 is 0 Å². The van der Waals surface area contributed by atoms with Crippen LogP contribution in [-0.2, 0) is 6.42 Å². The first kappa shape index (κ1) is 13.1. The molecule has 0 fully saturated rings. The second kappa shape index (κ2) is 5.98. The number of nitrogens with zero attached hydrogens (tertiary/aromatic N) is 1. The Morgan fingerprint density at radius 2 is 2.28 bits per heavy atom. The lowest BCUT2D eigenvalue weighted by Crippen LogP contribution is -2.06. The zero-order chi connectivity index (χ0) is 13.0. The Bertz CT molecular complexity index is 508. The number of ether oxygens (including phenoxy) is 1. The lowest BCUT2D eigenvalue weighted by atomic mass is 10.1. The van der Waals surface area contributed by atoms with E-state index in [1.54, 1.807) is 11.3 Å². The maximum absolute atomic E-state index is 5.85. The van der Waals surface area contributed by atoms with Crippen LogP contribution in [0.2, 0.25) is 0 Å². The topological polar surface area (TPSA) is 48.1 Å². The molecule has 0 bridgehead atoms. The highest BCUT2D eigenvalue weighted by Crippen LogP contribution is 2.18. The van der Waals surface area contributed by atoms with E-state index in [2.05, 4.69) is 4.98 Å². The van der Waals surface area contributed by atoms with Crippen molar-refractivity contribution < 1.29 is 4.74 Å². The molecule has 1 aromatic carbocycles. The Morgan fingerprint density at radius 3 is 2.94 bits per heavy atom. The summed E-state index contributed by atoms with van der Waals surface area (Å²) in [6.07, 6.45) is 0.902. The molecule has 0 saturated carbocycles. The number of aryl methyl sites for hydroxylation is 1. The minimum atomic E-state index is 0.0392. The van der Waals surface area contributed by atoms with Gasteiger partial charge in [0.25, 0.3) is 0 Å². The summed E-state index contributed by atoms with van der Waals surface area (Å²) < 4.78 is 5.75. The molecule has 1 atom stereocenters. The molecule has 96 valence electrons. The zero-order valence-electron chi connectivity index (χ0n) is 10.7. The Kier molecular flexibility index (Phi) is 4.33. The van der Waals surface area contributed by atoms with E-state index in [0.29, 0.717) is 6.61 Å². The van der Waals surface area contributed by atoms with Crippen LogP contribution < -0.4 is 10.5 Å². The van der Waals surface area contributed by atoms with Gasteiger partial charge in [-0.05, 0) is 31.5 Å². The van der Waals surface area contributed by atoms with Gasteiger partial charge in [0.2, 0.25) is 0 Å². The molecule has 18 heavy (non-hydrogen) atoms. The van der Waals surface area contributed by atoms with Crippen LogP contribution in [0.25, 0.3) is 0 Å². The van der Waals surface area contributed by atoms with E-state index >= 15 is 0 Å². The molecule has 3 nitrogen and oxygen atoms in total. The molecular formula is C14H18N2OS. The van der Waals surface area contributed by atoms with Gasteiger partial charge in [0.1, 0.15) is 5.75 Å². The molecule has 2 rings (SSSR count). The van der Waals surface area contributed by atoms with E-state index in [1.165, 1.54) is 4.88 Å². The normalized spacial score (nSPS) is 12.4. The third-order valence-electron chi connectivity index (χ3n) is 2.83. The molecule has 0 aliphatic carbocycles. The monoisotopic (exact) mass is 262 g/mol. The van der Waals surface area contributed by atoms with Crippen molar-refractivity contribution >= 4 is 11.3 Å². The lowest BCUT2D eigenvalue weighted by molar-refractivity contribution is 0.322. The van der Waals surface area contributed by atoms with Crippen molar-refractivity contribution in [2.24, 2.45) is 5.73 Å².